The SMILES string of the molecule is Cn1nccc1[C@H]1[C@H]2CCCCCC2[C@@]1(C)Oc1cc(F)c(S(=O)(=O)Nc2ncns2)cc1F. The monoisotopic (exact) mass is 509 g/mol. The fraction of sp³-hybridized carbons (Fsp3) is 0.500. The van der Waals surface area contributed by atoms with E-state index in [1.807, 2.05) is 20.0 Å². The highest BCUT2D eigenvalue weighted by Crippen LogP contribution is 2.61. The van der Waals surface area contributed by atoms with Gasteiger partial charge in [0.25, 0.3) is 10.0 Å². The first-order valence-electron chi connectivity index (χ1n) is 11.2. The molecule has 0 saturated heterocycles. The zero-order valence-corrected chi connectivity index (χ0v) is 20.4. The van der Waals surface area contributed by atoms with E-state index >= 15 is 4.39 Å². The maximum atomic E-state index is 15.2. The fourth-order valence-corrected chi connectivity index (χ4v) is 7.48. The van der Waals surface area contributed by atoms with Crippen molar-refractivity contribution >= 4 is 26.7 Å². The predicted molar refractivity (Wildman–Crippen MR) is 122 cm³/mol. The van der Waals surface area contributed by atoms with Crippen LogP contribution in [0, 0.1) is 23.5 Å². The fourth-order valence-electron chi connectivity index (χ4n) is 5.74. The first kappa shape index (κ1) is 23.2. The Labute approximate surface area is 200 Å². The maximum absolute atomic E-state index is 15.2. The van der Waals surface area contributed by atoms with E-state index in [1.54, 1.807) is 10.9 Å². The third-order valence-electron chi connectivity index (χ3n) is 7.22. The number of aromatic nitrogens is 4. The highest BCUT2D eigenvalue weighted by Gasteiger charge is 2.62. The Hall–Kier alpha value is -2.60. The van der Waals surface area contributed by atoms with Crippen LogP contribution in [0.2, 0.25) is 0 Å². The number of ether oxygens (including phenoxy) is 1. The lowest BCUT2D eigenvalue weighted by molar-refractivity contribution is -0.136. The van der Waals surface area contributed by atoms with Gasteiger partial charge in [-0.3, -0.25) is 9.40 Å². The Morgan fingerprint density at radius 1 is 1.21 bits per heavy atom. The van der Waals surface area contributed by atoms with Gasteiger partial charge < -0.3 is 4.74 Å². The molecule has 2 heterocycles. The van der Waals surface area contributed by atoms with E-state index in [2.05, 4.69) is 19.2 Å². The average molecular weight is 510 g/mol. The lowest BCUT2D eigenvalue weighted by atomic mass is 9.51. The molecular formula is C22H25F2N5O3S2. The van der Waals surface area contributed by atoms with E-state index in [9.17, 15) is 12.8 Å². The van der Waals surface area contributed by atoms with Crippen LogP contribution in [0.3, 0.4) is 0 Å². The Morgan fingerprint density at radius 3 is 2.71 bits per heavy atom. The number of hydrogen-bond donors (Lipinski definition) is 1. The molecule has 2 fully saturated rings. The van der Waals surface area contributed by atoms with Crippen LogP contribution in [0.15, 0.2) is 35.6 Å². The molecule has 0 spiro atoms. The zero-order valence-electron chi connectivity index (χ0n) is 18.7. The average Bonchev–Trinajstić information content (AvgIpc) is 3.37. The van der Waals surface area contributed by atoms with Gasteiger partial charge >= 0.3 is 0 Å². The van der Waals surface area contributed by atoms with E-state index in [0.29, 0.717) is 12.0 Å². The van der Waals surface area contributed by atoms with E-state index in [1.165, 1.54) is 0 Å². The van der Waals surface area contributed by atoms with Gasteiger partial charge in [-0.25, -0.2) is 22.2 Å². The van der Waals surface area contributed by atoms with E-state index in [-0.39, 0.29) is 22.7 Å². The summed E-state index contributed by atoms with van der Waals surface area (Å²) in [6.45, 7) is 1.94. The second-order valence-corrected chi connectivity index (χ2v) is 11.5. The molecule has 3 aromatic rings. The molecule has 2 aliphatic rings. The first-order chi connectivity index (χ1) is 16.2. The molecule has 0 amide bonds. The Kier molecular flexibility index (Phi) is 5.83. The van der Waals surface area contributed by atoms with Crippen LogP contribution in [0.4, 0.5) is 13.9 Å². The smallest absolute Gasteiger partial charge is 0.266 e. The number of fused-ring (bicyclic) bond motifs is 1. The molecule has 8 nitrogen and oxygen atoms in total. The van der Waals surface area contributed by atoms with Crippen LogP contribution < -0.4 is 9.46 Å². The summed E-state index contributed by atoms with van der Waals surface area (Å²) in [6, 6.07) is 3.42. The van der Waals surface area contributed by atoms with Crippen molar-refractivity contribution in [3.63, 3.8) is 0 Å². The van der Waals surface area contributed by atoms with Gasteiger partial charge in [0.05, 0.1) is 0 Å². The number of anilines is 1. The van der Waals surface area contributed by atoms with Gasteiger partial charge in [-0.15, -0.1) is 0 Å². The van der Waals surface area contributed by atoms with Crippen molar-refractivity contribution in [2.24, 2.45) is 18.9 Å². The van der Waals surface area contributed by atoms with Gasteiger partial charge in [0, 0.05) is 54.4 Å². The van der Waals surface area contributed by atoms with Crippen molar-refractivity contribution in [2.45, 2.75) is 55.4 Å². The zero-order chi connectivity index (χ0) is 24.1. The quantitative estimate of drug-likeness (QED) is 0.526. The van der Waals surface area contributed by atoms with Gasteiger partial charge in [-0.2, -0.15) is 9.47 Å². The lowest BCUT2D eigenvalue weighted by Crippen LogP contribution is -2.62. The summed E-state index contributed by atoms with van der Waals surface area (Å²) >= 11 is 0.789. The Morgan fingerprint density at radius 2 is 2.00 bits per heavy atom. The normalized spacial score (nSPS) is 26.9. The molecule has 2 aliphatic carbocycles. The third-order valence-corrected chi connectivity index (χ3v) is 9.28. The summed E-state index contributed by atoms with van der Waals surface area (Å²) in [7, 11) is -2.52. The third kappa shape index (κ3) is 3.86. The van der Waals surface area contributed by atoms with Crippen LogP contribution in [0.1, 0.15) is 50.6 Å². The molecule has 12 heteroatoms. The van der Waals surface area contributed by atoms with Crippen LogP contribution in [-0.4, -0.2) is 33.2 Å². The number of nitrogens with zero attached hydrogens (tertiary/aromatic N) is 4. The number of rotatable bonds is 6. The molecule has 0 radical (unpaired) electrons. The van der Waals surface area contributed by atoms with Crippen molar-refractivity contribution in [3.8, 4) is 5.75 Å². The van der Waals surface area contributed by atoms with Crippen LogP contribution in [0.25, 0.3) is 0 Å². The Bertz CT molecular complexity index is 1300. The second kappa shape index (κ2) is 8.56. The van der Waals surface area contributed by atoms with E-state index < -0.39 is 32.2 Å². The largest absolute Gasteiger partial charge is 0.483 e. The molecule has 182 valence electrons. The molecule has 5 rings (SSSR count). The highest BCUT2D eigenvalue weighted by atomic mass is 32.2. The summed E-state index contributed by atoms with van der Waals surface area (Å²) in [5, 5.41) is 4.26. The summed E-state index contributed by atoms with van der Waals surface area (Å²) in [4.78, 5) is 2.90. The molecule has 0 aliphatic heterocycles. The molecule has 4 atom stereocenters. The number of sulfonamides is 1. The van der Waals surface area contributed by atoms with Gasteiger partial charge in [0.1, 0.15) is 22.6 Å². The van der Waals surface area contributed by atoms with Crippen LogP contribution in [0.5, 0.6) is 5.75 Å². The predicted octanol–water partition coefficient (Wildman–Crippen LogP) is 4.48. The number of nitrogens with one attached hydrogen (secondary N) is 1. The summed E-state index contributed by atoms with van der Waals surface area (Å²) < 4.78 is 69.1. The summed E-state index contributed by atoms with van der Waals surface area (Å²) in [5.74, 6) is -1.84. The van der Waals surface area contributed by atoms with Crippen molar-refractivity contribution in [2.75, 3.05) is 4.72 Å². The topological polar surface area (TPSA) is 99.0 Å². The Balaban J connectivity index is 1.48. The number of benzene rings is 1. The van der Waals surface area contributed by atoms with Crippen molar-refractivity contribution in [1.82, 2.24) is 19.1 Å². The molecule has 1 unspecified atom stereocenters. The summed E-state index contributed by atoms with van der Waals surface area (Å²) in [6.07, 6.45) is 8.20. The summed E-state index contributed by atoms with van der Waals surface area (Å²) in [5.41, 5.74) is 0.216. The van der Waals surface area contributed by atoms with Gasteiger partial charge in [-0.05, 0) is 31.7 Å². The van der Waals surface area contributed by atoms with E-state index in [4.69, 9.17) is 4.74 Å². The molecule has 0 bridgehead atoms. The van der Waals surface area contributed by atoms with Gasteiger partial charge in [-0.1, -0.05) is 19.3 Å². The minimum atomic E-state index is -4.39. The molecular weight excluding hydrogens is 484 g/mol. The second-order valence-electron chi connectivity index (χ2n) is 9.12. The standard InChI is InChI=1S/C22H25F2N5O3S2/c1-22(14-7-5-3-4-6-13(14)20(22)17-8-9-26-29(17)2)32-18-10-16(24)19(11-15(18)23)34(30,31)28-21-25-12-27-33-21/h8-14,20H,3-7H2,1-2H3,(H,25,27,28)/t13-,14?,20+,22+/m0/s1. The highest BCUT2D eigenvalue weighted by molar-refractivity contribution is 7.93. The minimum absolute atomic E-state index is 0.0342. The molecule has 2 aromatic heterocycles. The molecule has 1 aromatic carbocycles. The molecule has 1 N–H and O–H groups in total. The van der Waals surface area contributed by atoms with Crippen LogP contribution in [-0.2, 0) is 17.1 Å². The first-order valence-corrected chi connectivity index (χ1v) is 13.4. The van der Waals surface area contributed by atoms with Crippen LogP contribution >= 0.6 is 11.5 Å². The van der Waals surface area contributed by atoms with Gasteiger partial charge in [0.15, 0.2) is 11.6 Å². The van der Waals surface area contributed by atoms with Crippen molar-refractivity contribution in [1.29, 1.82) is 0 Å². The number of halogens is 2. The number of aryl methyl sites for hydroxylation is 1. The van der Waals surface area contributed by atoms with Crippen molar-refractivity contribution in [3.05, 3.63) is 48.1 Å². The molecule has 2 saturated carbocycles. The van der Waals surface area contributed by atoms with Crippen molar-refractivity contribution < 1.29 is 21.9 Å². The minimum Gasteiger partial charge on any atom is -0.483 e. The van der Waals surface area contributed by atoms with E-state index in [0.717, 1.165) is 61.7 Å². The number of hydrogen-bond acceptors (Lipinski definition) is 7. The lowest BCUT2D eigenvalue weighted by Gasteiger charge is -2.59. The van der Waals surface area contributed by atoms with Gasteiger partial charge in [0.2, 0.25) is 5.13 Å². The maximum Gasteiger partial charge on any atom is 0.266 e. The molecule has 34 heavy (non-hydrogen) atoms.